The molecular weight excluding hydrogens is 108 g/mol. The van der Waals surface area contributed by atoms with E-state index in [1.807, 2.05) is 0 Å². The van der Waals surface area contributed by atoms with E-state index >= 15 is 0 Å². The topological polar surface area (TPSA) is 54.2 Å². The highest BCUT2D eigenvalue weighted by atomic mass is 16.6. The van der Waals surface area contributed by atoms with Crippen molar-refractivity contribution in [3.05, 3.63) is 0 Å². The Morgan fingerprint density at radius 3 is 2.62 bits per heavy atom. The zero-order valence-corrected chi connectivity index (χ0v) is 4.66. The van der Waals surface area contributed by atoms with E-state index in [9.17, 15) is 0 Å². The molecule has 0 saturated heterocycles. The van der Waals surface area contributed by atoms with E-state index in [4.69, 9.17) is 5.11 Å². The van der Waals surface area contributed by atoms with Gasteiger partial charge in [-0.05, 0) is 6.72 Å². The lowest BCUT2D eigenvalue weighted by Gasteiger charge is -1.89. The monoisotopic (exact) mass is 116 g/mol. The maximum atomic E-state index is 8.31. The molecule has 46 valence electrons. The van der Waals surface area contributed by atoms with Crippen molar-refractivity contribution in [1.29, 1.82) is 0 Å². The molecule has 0 bridgehead atoms. The highest BCUT2D eigenvalue weighted by Crippen LogP contribution is 1.76. The number of hydrogen-bond donors (Lipinski definition) is 1. The fourth-order valence-corrected chi connectivity index (χ4v) is 0.213. The molecule has 0 saturated carbocycles. The Kier molecular flexibility index (Phi) is 3.78. The number of aliphatic imine (C=N–C) groups is 1. The largest absolute Gasteiger partial charge is 0.398 e. The van der Waals surface area contributed by atoms with Crippen molar-refractivity contribution in [2.24, 2.45) is 10.1 Å². The fraction of sp³-hybridized carbons (Fsp3) is 0.500. The Bertz CT molecular complexity index is 100. The van der Waals surface area contributed by atoms with Crippen LogP contribution in [0, 0.1) is 0 Å². The van der Waals surface area contributed by atoms with E-state index in [-0.39, 0.29) is 12.4 Å². The summed E-state index contributed by atoms with van der Waals surface area (Å²) in [5.41, 5.74) is 0. The molecule has 0 unspecified atom stereocenters. The maximum absolute atomic E-state index is 8.31. The lowest BCUT2D eigenvalue weighted by Crippen LogP contribution is -1.99. The van der Waals surface area contributed by atoms with Gasteiger partial charge in [-0.25, -0.2) is 4.99 Å². The van der Waals surface area contributed by atoms with Gasteiger partial charge in [-0.15, -0.1) is 0 Å². The molecular formula is C4H8N2O2. The first-order valence-corrected chi connectivity index (χ1v) is 2.02. The maximum Gasteiger partial charge on any atom is 0.192 e. The van der Waals surface area contributed by atoms with Crippen LogP contribution >= 0.6 is 0 Å². The van der Waals surface area contributed by atoms with E-state index in [2.05, 4.69) is 21.7 Å². The average Bonchev–Trinajstić information content (AvgIpc) is 1.83. The van der Waals surface area contributed by atoms with Crippen LogP contribution in [0.4, 0.5) is 0 Å². The number of aliphatic hydroxyl groups excluding tert-OH is 1. The van der Waals surface area contributed by atoms with Crippen LogP contribution in [-0.2, 0) is 4.84 Å². The van der Waals surface area contributed by atoms with Gasteiger partial charge in [0.05, 0.1) is 0 Å². The molecule has 1 N–H and O–H groups in total. The van der Waals surface area contributed by atoms with Crippen LogP contribution in [0.5, 0.6) is 0 Å². The van der Waals surface area contributed by atoms with Crippen molar-refractivity contribution in [3.8, 4) is 0 Å². The quantitative estimate of drug-likeness (QED) is 0.304. The Morgan fingerprint density at radius 2 is 2.50 bits per heavy atom. The molecule has 0 aliphatic heterocycles. The highest BCUT2D eigenvalue weighted by molar-refractivity contribution is 5.86. The van der Waals surface area contributed by atoms with Crippen LogP contribution in [0.15, 0.2) is 10.1 Å². The smallest absolute Gasteiger partial charge is 0.192 e. The molecule has 4 heteroatoms. The number of nitrogens with zero attached hydrogens (tertiary/aromatic N) is 2. The van der Waals surface area contributed by atoms with Crippen LogP contribution < -0.4 is 0 Å². The molecule has 0 aromatic rings. The second kappa shape index (κ2) is 4.26. The number of hydrogen-bond acceptors (Lipinski definition) is 3. The summed E-state index contributed by atoms with van der Waals surface area (Å²) in [5.74, 6) is 0.188. The Morgan fingerprint density at radius 1 is 1.88 bits per heavy atom. The SMILES string of the molecule is C=N/C(CO)=N\OC. The summed E-state index contributed by atoms with van der Waals surface area (Å²) in [4.78, 5) is 7.60. The summed E-state index contributed by atoms with van der Waals surface area (Å²) in [6.07, 6.45) is 0. The third-order valence-electron chi connectivity index (χ3n) is 0.521. The zero-order chi connectivity index (χ0) is 6.41. The molecule has 0 atom stereocenters. The van der Waals surface area contributed by atoms with Crippen molar-refractivity contribution >= 4 is 12.6 Å². The van der Waals surface area contributed by atoms with Crippen LogP contribution in [0.25, 0.3) is 0 Å². The molecule has 0 aromatic carbocycles. The third kappa shape index (κ3) is 2.30. The Labute approximate surface area is 47.5 Å². The van der Waals surface area contributed by atoms with Gasteiger partial charge in [0.2, 0.25) is 0 Å². The van der Waals surface area contributed by atoms with Gasteiger partial charge < -0.3 is 9.94 Å². The Hall–Kier alpha value is -0.900. The molecule has 0 aromatic heterocycles. The van der Waals surface area contributed by atoms with E-state index in [0.29, 0.717) is 0 Å². The zero-order valence-electron chi connectivity index (χ0n) is 4.66. The van der Waals surface area contributed by atoms with Crippen molar-refractivity contribution in [3.63, 3.8) is 0 Å². The minimum atomic E-state index is -0.239. The second-order valence-corrected chi connectivity index (χ2v) is 1.01. The summed E-state index contributed by atoms with van der Waals surface area (Å²) in [6, 6.07) is 0. The number of oxime groups is 1. The first kappa shape index (κ1) is 7.10. The van der Waals surface area contributed by atoms with Crippen molar-refractivity contribution < 1.29 is 9.94 Å². The molecule has 0 radical (unpaired) electrons. The summed E-state index contributed by atoms with van der Waals surface area (Å²) >= 11 is 0. The molecule has 0 amide bonds. The lowest BCUT2D eigenvalue weighted by molar-refractivity contribution is 0.208. The first-order chi connectivity index (χ1) is 3.85. The summed E-state index contributed by atoms with van der Waals surface area (Å²) in [6.45, 7) is 2.89. The number of rotatable bonds is 2. The van der Waals surface area contributed by atoms with Gasteiger partial charge in [-0.3, -0.25) is 0 Å². The molecule has 4 nitrogen and oxygen atoms in total. The van der Waals surface area contributed by atoms with Crippen LogP contribution in [0.3, 0.4) is 0 Å². The number of amidine groups is 1. The molecule has 0 spiro atoms. The summed E-state index contributed by atoms with van der Waals surface area (Å²) in [7, 11) is 1.38. The Balaban J connectivity index is 3.66. The van der Waals surface area contributed by atoms with E-state index in [1.54, 1.807) is 0 Å². The molecule has 8 heavy (non-hydrogen) atoms. The molecule has 0 aliphatic rings. The van der Waals surface area contributed by atoms with Crippen molar-refractivity contribution in [2.45, 2.75) is 0 Å². The van der Waals surface area contributed by atoms with E-state index < -0.39 is 0 Å². The van der Waals surface area contributed by atoms with E-state index in [0.717, 1.165) is 0 Å². The summed E-state index contributed by atoms with van der Waals surface area (Å²) in [5, 5.41) is 11.6. The lowest BCUT2D eigenvalue weighted by atomic mass is 10.7. The van der Waals surface area contributed by atoms with Crippen molar-refractivity contribution in [2.75, 3.05) is 13.7 Å². The fourth-order valence-electron chi connectivity index (χ4n) is 0.213. The van der Waals surface area contributed by atoms with E-state index in [1.165, 1.54) is 7.11 Å². The molecule has 0 heterocycles. The first-order valence-electron chi connectivity index (χ1n) is 2.02. The van der Waals surface area contributed by atoms with Crippen molar-refractivity contribution in [1.82, 2.24) is 0 Å². The molecule has 0 fully saturated rings. The van der Waals surface area contributed by atoms with Gasteiger partial charge >= 0.3 is 0 Å². The van der Waals surface area contributed by atoms with Gasteiger partial charge in [0.25, 0.3) is 0 Å². The van der Waals surface area contributed by atoms with Crippen LogP contribution in [0.1, 0.15) is 0 Å². The van der Waals surface area contributed by atoms with Crippen LogP contribution in [-0.4, -0.2) is 31.4 Å². The molecule has 0 rings (SSSR count). The number of aliphatic hydroxyl groups is 1. The molecule has 0 aliphatic carbocycles. The predicted octanol–water partition coefficient (Wildman–Crippen LogP) is -0.361. The normalized spacial score (nSPS) is 11.0. The average molecular weight is 116 g/mol. The minimum Gasteiger partial charge on any atom is -0.398 e. The van der Waals surface area contributed by atoms with Gasteiger partial charge in [-0.1, -0.05) is 5.16 Å². The second-order valence-electron chi connectivity index (χ2n) is 1.01. The highest BCUT2D eigenvalue weighted by Gasteiger charge is 1.87. The predicted molar refractivity (Wildman–Crippen MR) is 31.1 cm³/mol. The van der Waals surface area contributed by atoms with Gasteiger partial charge in [-0.2, -0.15) is 0 Å². The third-order valence-corrected chi connectivity index (χ3v) is 0.521. The minimum absolute atomic E-state index is 0.188. The van der Waals surface area contributed by atoms with Gasteiger partial charge in [0, 0.05) is 0 Å². The van der Waals surface area contributed by atoms with Gasteiger partial charge in [0.1, 0.15) is 13.7 Å². The summed E-state index contributed by atoms with van der Waals surface area (Å²) < 4.78 is 0. The standard InChI is InChI=1S/C4H8N2O2/c1-5-4(3-7)6-8-2/h7H,1,3H2,2H3/b6-4-. The van der Waals surface area contributed by atoms with Crippen LogP contribution in [0.2, 0.25) is 0 Å². The van der Waals surface area contributed by atoms with Gasteiger partial charge in [0.15, 0.2) is 5.84 Å².